The Hall–Kier alpha value is -4.28. The molecule has 4 aliphatic rings. The molecule has 1 saturated heterocycles. The van der Waals surface area contributed by atoms with E-state index in [-0.39, 0.29) is 31.3 Å². The minimum Gasteiger partial charge on any atom is -0.504 e. The predicted molar refractivity (Wildman–Crippen MR) is 165 cm³/mol. The fourth-order valence-electron chi connectivity index (χ4n) is 8.03. The summed E-state index contributed by atoms with van der Waals surface area (Å²) < 4.78 is 61.9. The van der Waals surface area contributed by atoms with Crippen LogP contribution in [0.5, 0.6) is 28.7 Å². The van der Waals surface area contributed by atoms with E-state index in [1.807, 2.05) is 29.8 Å². The van der Waals surface area contributed by atoms with E-state index in [9.17, 15) is 37.8 Å². The number of carbonyl (C=O) groups excluding carboxylic acids is 3. The van der Waals surface area contributed by atoms with Gasteiger partial charge in [0, 0.05) is 47.8 Å². The second-order valence-corrected chi connectivity index (χ2v) is 13.0. The maximum absolute atomic E-state index is 13.2. The number of aliphatic hydroxyl groups is 1. The van der Waals surface area contributed by atoms with Crippen molar-refractivity contribution in [2.75, 3.05) is 27.5 Å². The molecule has 4 N–H and O–H groups in total. The second-order valence-electron chi connectivity index (χ2n) is 13.0. The quantitative estimate of drug-likeness (QED) is 0.260. The predicted octanol–water partition coefficient (Wildman–Crippen LogP) is 2.44. The van der Waals surface area contributed by atoms with Crippen molar-refractivity contribution in [2.24, 2.45) is 0 Å². The Kier molecular flexibility index (Phi) is 8.86. The van der Waals surface area contributed by atoms with Gasteiger partial charge in [0.1, 0.15) is 18.0 Å². The van der Waals surface area contributed by atoms with Gasteiger partial charge in [-0.15, -0.1) is 0 Å². The molecule has 4 aliphatic heterocycles. The monoisotopic (exact) mass is 692 g/mol. The number of nitrogens with zero attached hydrogens (tertiary/aromatic N) is 2. The number of carbonyl (C=O) groups is 3. The van der Waals surface area contributed by atoms with Crippen LogP contribution in [0.1, 0.15) is 65.7 Å². The summed E-state index contributed by atoms with van der Waals surface area (Å²) in [4.78, 5) is 41.0. The van der Waals surface area contributed by atoms with Gasteiger partial charge in [-0.2, -0.15) is 13.2 Å². The summed E-state index contributed by atoms with van der Waals surface area (Å²) in [6.45, 7) is 5.55. The van der Waals surface area contributed by atoms with Gasteiger partial charge in [0.05, 0.1) is 19.2 Å². The normalized spacial score (nSPS) is 24.9. The van der Waals surface area contributed by atoms with Crippen LogP contribution in [0.4, 0.5) is 13.2 Å². The number of aryl methyl sites for hydroxylation is 2. The average Bonchev–Trinajstić information content (AvgIpc) is 3.48. The molecule has 6 atom stereocenters. The first-order valence-corrected chi connectivity index (χ1v) is 15.9. The topological polar surface area (TPSA) is 159 Å². The molecule has 49 heavy (non-hydrogen) atoms. The van der Waals surface area contributed by atoms with Crippen molar-refractivity contribution in [3.63, 3.8) is 0 Å². The Morgan fingerprint density at radius 2 is 1.82 bits per heavy atom. The van der Waals surface area contributed by atoms with Gasteiger partial charge in [-0.05, 0) is 58.2 Å². The minimum atomic E-state index is -5.18. The first kappa shape index (κ1) is 34.6. The maximum Gasteiger partial charge on any atom is 0.471 e. The number of ether oxygens (including phenoxy) is 4. The molecule has 2 amide bonds. The van der Waals surface area contributed by atoms with Crippen molar-refractivity contribution in [1.29, 1.82) is 0 Å². The number of rotatable bonds is 6. The number of hydrogen-bond acceptors (Lipinski definition) is 11. The first-order valence-electron chi connectivity index (χ1n) is 15.9. The number of alkyl halides is 3. The number of amides is 2. The number of piperazine rings is 1. The molecule has 0 radical (unpaired) electrons. The zero-order chi connectivity index (χ0) is 35.7. The summed E-state index contributed by atoms with van der Waals surface area (Å²) in [6, 6.07) is -2.06. The molecular formula is C33H39F3N4O9. The minimum absolute atomic E-state index is 0.0294. The number of benzene rings is 2. The molecule has 4 heterocycles. The molecule has 0 saturated carbocycles. The van der Waals surface area contributed by atoms with Gasteiger partial charge in [-0.3, -0.25) is 24.2 Å². The number of aromatic hydroxyl groups is 1. The number of hydrogen-bond donors (Lipinski definition) is 4. The molecule has 2 aromatic rings. The largest absolute Gasteiger partial charge is 0.504 e. The summed E-state index contributed by atoms with van der Waals surface area (Å²) in [7, 11) is 3.34. The number of phenols is 1. The zero-order valence-corrected chi connectivity index (χ0v) is 27.9. The van der Waals surface area contributed by atoms with E-state index in [0.29, 0.717) is 52.3 Å². The summed E-state index contributed by atoms with van der Waals surface area (Å²) in [5.74, 6) is -2.58. The van der Waals surface area contributed by atoms with Crippen LogP contribution < -0.4 is 29.6 Å². The van der Waals surface area contributed by atoms with Crippen LogP contribution >= 0.6 is 0 Å². The van der Waals surface area contributed by atoms with Crippen LogP contribution in [0.15, 0.2) is 6.07 Å². The third-order valence-corrected chi connectivity index (χ3v) is 10.1. The molecule has 2 bridgehead atoms. The number of phenolic OH excluding ortho intramolecular Hbond substituents is 1. The Balaban J connectivity index is 1.51. The number of esters is 1. The first-order chi connectivity index (χ1) is 23.1. The average molecular weight is 693 g/mol. The molecule has 13 nitrogen and oxygen atoms in total. The lowest BCUT2D eigenvalue weighted by Crippen LogP contribution is -2.67. The fourth-order valence-corrected chi connectivity index (χ4v) is 8.03. The van der Waals surface area contributed by atoms with E-state index in [1.165, 1.54) is 14.0 Å². The van der Waals surface area contributed by atoms with Crippen molar-refractivity contribution in [2.45, 2.75) is 89.6 Å². The summed E-state index contributed by atoms with van der Waals surface area (Å²) in [6.07, 6.45) is -5.07. The lowest BCUT2D eigenvalue weighted by molar-refractivity contribution is -0.174. The van der Waals surface area contributed by atoms with Crippen LogP contribution in [0.3, 0.4) is 0 Å². The third-order valence-electron chi connectivity index (χ3n) is 10.1. The SMILES string of the molecule is COc1c(C)cc2c(c1O)[C@@H]1C3Cc4c(OC(C)=O)c(C)c5c(c4[C@H](CNC(=O)[C@H](C)NC(=O)C(F)(F)F)N3[C@@H](O)[C@H](CC2)N1C)OCO5. The van der Waals surface area contributed by atoms with Gasteiger partial charge in [-0.1, -0.05) is 6.07 Å². The standard InChI is InChI=1S/C33H39F3N4O9/c1-13-9-17-7-8-19-31(44)40-20(24(39(19)5)22(17)25(42)26(13)46-6)10-18-23(29-28(47-12-48-29)14(2)27(18)49-16(4)41)21(40)11-37-30(43)15(3)38-32(45)33(34,35)36/h9,15,19-21,24,31,42,44H,7-8,10-12H2,1-6H3,(H,37,43)(H,38,45)/t15-,19-,20?,21-,24-,31-/m0/s1. The molecule has 0 aromatic heterocycles. The fraction of sp³-hybridized carbons (Fsp3) is 0.545. The molecule has 0 spiro atoms. The molecule has 266 valence electrons. The van der Waals surface area contributed by atoms with Gasteiger partial charge in [0.25, 0.3) is 0 Å². The van der Waals surface area contributed by atoms with Gasteiger partial charge in [0.15, 0.2) is 23.0 Å². The number of nitrogens with one attached hydrogen (secondary N) is 2. The van der Waals surface area contributed by atoms with Crippen LogP contribution in [-0.2, 0) is 27.2 Å². The number of methoxy groups -OCH3 is 1. The Morgan fingerprint density at radius 1 is 1.12 bits per heavy atom. The summed E-state index contributed by atoms with van der Waals surface area (Å²) in [5, 5.41) is 28.2. The number of aliphatic hydroxyl groups excluding tert-OH is 1. The number of halogens is 3. The number of fused-ring (bicyclic) bond motifs is 9. The lowest BCUT2D eigenvalue weighted by Gasteiger charge is -2.57. The second kappa shape index (κ2) is 12.6. The van der Waals surface area contributed by atoms with E-state index in [2.05, 4.69) is 5.32 Å². The molecule has 6 rings (SSSR count). The smallest absolute Gasteiger partial charge is 0.471 e. The maximum atomic E-state index is 13.2. The van der Waals surface area contributed by atoms with Crippen LogP contribution in [0.2, 0.25) is 0 Å². The van der Waals surface area contributed by atoms with E-state index in [4.69, 9.17) is 18.9 Å². The van der Waals surface area contributed by atoms with Crippen LogP contribution in [0.25, 0.3) is 0 Å². The lowest BCUT2D eigenvalue weighted by atomic mass is 9.77. The molecule has 1 unspecified atom stereocenters. The molecule has 0 aliphatic carbocycles. The van der Waals surface area contributed by atoms with E-state index in [0.717, 1.165) is 18.1 Å². The van der Waals surface area contributed by atoms with Gasteiger partial charge in [0.2, 0.25) is 12.7 Å². The Labute approximate surface area is 280 Å². The van der Waals surface area contributed by atoms with Gasteiger partial charge >= 0.3 is 18.1 Å². The van der Waals surface area contributed by atoms with Crippen LogP contribution in [-0.4, -0.2) is 95.8 Å². The van der Waals surface area contributed by atoms with E-state index in [1.54, 1.807) is 12.2 Å². The summed E-state index contributed by atoms with van der Waals surface area (Å²) in [5.41, 5.74) is 3.79. The van der Waals surface area contributed by atoms with E-state index < -0.39 is 60.4 Å². The molecular weight excluding hydrogens is 653 g/mol. The summed E-state index contributed by atoms with van der Waals surface area (Å²) >= 11 is 0. The van der Waals surface area contributed by atoms with Crippen molar-refractivity contribution in [1.82, 2.24) is 20.4 Å². The highest BCUT2D eigenvalue weighted by atomic mass is 19.4. The van der Waals surface area contributed by atoms with Crippen molar-refractivity contribution >= 4 is 17.8 Å². The zero-order valence-electron chi connectivity index (χ0n) is 27.9. The number of likely N-dealkylation sites (N-methyl/N-ethyl adjacent to an activating group) is 1. The van der Waals surface area contributed by atoms with Crippen molar-refractivity contribution in [3.8, 4) is 28.7 Å². The van der Waals surface area contributed by atoms with Crippen molar-refractivity contribution in [3.05, 3.63) is 39.4 Å². The van der Waals surface area contributed by atoms with Crippen LogP contribution in [0, 0.1) is 13.8 Å². The third kappa shape index (κ3) is 5.68. The Morgan fingerprint density at radius 3 is 2.47 bits per heavy atom. The van der Waals surface area contributed by atoms with Gasteiger partial charge in [-0.25, -0.2) is 0 Å². The van der Waals surface area contributed by atoms with Crippen molar-refractivity contribution < 1.29 is 56.7 Å². The Bertz CT molecular complexity index is 1720. The van der Waals surface area contributed by atoms with E-state index >= 15 is 0 Å². The highest BCUT2D eigenvalue weighted by Gasteiger charge is 2.55. The molecule has 2 aromatic carbocycles. The molecule has 1 fully saturated rings. The highest BCUT2D eigenvalue weighted by Crippen LogP contribution is 2.57. The van der Waals surface area contributed by atoms with Gasteiger partial charge < -0.3 is 39.8 Å². The highest BCUT2D eigenvalue weighted by molar-refractivity contribution is 5.89. The molecule has 16 heteroatoms.